The minimum atomic E-state index is -3.72. The Morgan fingerprint density at radius 2 is 1.79 bits per heavy atom. The maximum atomic E-state index is 12.7. The van der Waals surface area contributed by atoms with Gasteiger partial charge >= 0.3 is 5.97 Å². The molecule has 0 aliphatic rings. The number of esters is 1. The topological polar surface area (TPSA) is 92.8 Å². The van der Waals surface area contributed by atoms with Crippen molar-refractivity contribution in [1.29, 1.82) is 0 Å². The smallest absolute Gasteiger partial charge is 0.338 e. The lowest BCUT2D eigenvalue weighted by molar-refractivity contribution is -0.116. The van der Waals surface area contributed by atoms with Crippen molar-refractivity contribution in [3.8, 4) is 0 Å². The first kappa shape index (κ1) is 22.7. The molecule has 1 atom stereocenters. The van der Waals surface area contributed by atoms with Crippen LogP contribution in [0.2, 0.25) is 5.02 Å². The van der Waals surface area contributed by atoms with Crippen LogP contribution in [0.15, 0.2) is 42.5 Å². The molecule has 9 heteroatoms. The number of nitrogens with one attached hydrogen (secondary N) is 1. The number of nitrogens with zero attached hydrogens (tertiary/aromatic N) is 1. The lowest BCUT2D eigenvalue weighted by Crippen LogP contribution is -2.45. The third kappa shape index (κ3) is 5.71. The maximum absolute atomic E-state index is 12.7. The zero-order valence-corrected chi connectivity index (χ0v) is 18.2. The third-order valence-electron chi connectivity index (χ3n) is 4.12. The molecule has 0 spiro atoms. The lowest BCUT2D eigenvalue weighted by atomic mass is 10.2. The summed E-state index contributed by atoms with van der Waals surface area (Å²) in [5.41, 5.74) is 1.85. The van der Waals surface area contributed by atoms with Gasteiger partial charge in [-0.15, -0.1) is 0 Å². The summed E-state index contributed by atoms with van der Waals surface area (Å²) in [6, 6.07) is 10.1. The number of hydrogen-bond acceptors (Lipinski definition) is 5. The minimum Gasteiger partial charge on any atom is -0.462 e. The Morgan fingerprint density at radius 3 is 2.31 bits per heavy atom. The number of rotatable bonds is 7. The van der Waals surface area contributed by atoms with Crippen LogP contribution >= 0.6 is 11.6 Å². The molecule has 0 saturated carbocycles. The van der Waals surface area contributed by atoms with Crippen molar-refractivity contribution in [2.45, 2.75) is 26.8 Å². The largest absolute Gasteiger partial charge is 0.462 e. The Kier molecular flexibility index (Phi) is 7.26. The van der Waals surface area contributed by atoms with E-state index < -0.39 is 27.9 Å². The molecule has 0 saturated heterocycles. The standard InChI is InChI=1S/C20H23ClN2O5S/c1-5-28-20(25)15-8-11-18(17(21)12-15)22-19(24)14(3)23(29(4,26)27)16-9-6-13(2)7-10-16/h6-12,14H,5H2,1-4H3,(H,22,24). The SMILES string of the molecule is CCOC(=O)c1ccc(NC(=O)C(C)N(c2ccc(C)cc2)S(C)(=O)=O)c(Cl)c1. The molecule has 29 heavy (non-hydrogen) atoms. The van der Waals surface area contributed by atoms with Crippen LogP contribution in [0.25, 0.3) is 0 Å². The number of halogens is 1. The molecule has 2 aromatic carbocycles. The minimum absolute atomic E-state index is 0.136. The van der Waals surface area contributed by atoms with E-state index in [2.05, 4.69) is 5.32 Å². The third-order valence-corrected chi connectivity index (χ3v) is 5.67. The molecule has 0 radical (unpaired) electrons. The predicted octanol–water partition coefficient (Wildman–Crippen LogP) is 3.62. The molecule has 0 fully saturated rings. The molecule has 0 bridgehead atoms. The van der Waals surface area contributed by atoms with Crippen LogP contribution in [0.1, 0.15) is 29.8 Å². The highest BCUT2D eigenvalue weighted by Crippen LogP contribution is 2.26. The van der Waals surface area contributed by atoms with E-state index in [1.54, 1.807) is 31.2 Å². The van der Waals surface area contributed by atoms with Crippen LogP contribution in [0, 0.1) is 6.92 Å². The summed E-state index contributed by atoms with van der Waals surface area (Å²) < 4.78 is 30.6. The van der Waals surface area contributed by atoms with Crippen molar-refractivity contribution in [3.05, 3.63) is 58.6 Å². The molecule has 7 nitrogen and oxygen atoms in total. The van der Waals surface area contributed by atoms with Gasteiger partial charge in [-0.05, 0) is 51.1 Å². The molecular weight excluding hydrogens is 416 g/mol. The highest BCUT2D eigenvalue weighted by Gasteiger charge is 2.29. The van der Waals surface area contributed by atoms with Gasteiger partial charge in [0.05, 0.1) is 34.8 Å². The van der Waals surface area contributed by atoms with Crippen LogP contribution in [0.3, 0.4) is 0 Å². The second-order valence-electron chi connectivity index (χ2n) is 6.47. The van der Waals surface area contributed by atoms with E-state index in [0.29, 0.717) is 5.69 Å². The number of carbonyl (C=O) groups is 2. The summed E-state index contributed by atoms with van der Waals surface area (Å²) in [6.45, 7) is 5.29. The van der Waals surface area contributed by atoms with E-state index in [4.69, 9.17) is 16.3 Å². The van der Waals surface area contributed by atoms with Gasteiger partial charge in [-0.2, -0.15) is 0 Å². The van der Waals surface area contributed by atoms with Gasteiger partial charge in [0.25, 0.3) is 0 Å². The normalized spacial score (nSPS) is 12.2. The van der Waals surface area contributed by atoms with Crippen LogP contribution < -0.4 is 9.62 Å². The summed E-state index contributed by atoms with van der Waals surface area (Å²) in [7, 11) is -3.72. The average molecular weight is 439 g/mol. The van der Waals surface area contributed by atoms with E-state index in [1.165, 1.54) is 25.1 Å². The van der Waals surface area contributed by atoms with Crippen molar-refractivity contribution in [2.75, 3.05) is 22.5 Å². The maximum Gasteiger partial charge on any atom is 0.338 e. The zero-order chi connectivity index (χ0) is 21.8. The Bertz CT molecular complexity index is 1010. The fourth-order valence-electron chi connectivity index (χ4n) is 2.70. The molecule has 0 heterocycles. The van der Waals surface area contributed by atoms with Crippen molar-refractivity contribution < 1.29 is 22.7 Å². The van der Waals surface area contributed by atoms with E-state index in [9.17, 15) is 18.0 Å². The number of carbonyl (C=O) groups excluding carboxylic acids is 2. The molecule has 156 valence electrons. The first-order valence-electron chi connectivity index (χ1n) is 8.88. The lowest BCUT2D eigenvalue weighted by Gasteiger charge is -2.28. The summed E-state index contributed by atoms with van der Waals surface area (Å²) in [5.74, 6) is -1.09. The average Bonchev–Trinajstić information content (AvgIpc) is 2.64. The molecule has 1 N–H and O–H groups in total. The molecule has 0 aliphatic carbocycles. The summed E-state index contributed by atoms with van der Waals surface area (Å²) in [6.07, 6.45) is 1.04. The molecule has 1 amide bonds. The second-order valence-corrected chi connectivity index (χ2v) is 8.74. The van der Waals surface area contributed by atoms with Crippen LogP contribution in [0.5, 0.6) is 0 Å². The van der Waals surface area contributed by atoms with Gasteiger partial charge in [-0.25, -0.2) is 13.2 Å². The Morgan fingerprint density at radius 1 is 1.17 bits per heavy atom. The number of ether oxygens (including phenoxy) is 1. The highest BCUT2D eigenvalue weighted by atomic mass is 35.5. The first-order valence-corrected chi connectivity index (χ1v) is 11.1. The predicted molar refractivity (Wildman–Crippen MR) is 114 cm³/mol. The number of hydrogen-bond donors (Lipinski definition) is 1. The quantitative estimate of drug-likeness (QED) is 0.666. The van der Waals surface area contributed by atoms with Gasteiger partial charge in [0, 0.05) is 0 Å². The zero-order valence-electron chi connectivity index (χ0n) is 16.6. The summed E-state index contributed by atoms with van der Waals surface area (Å²) in [4.78, 5) is 24.5. The van der Waals surface area contributed by atoms with Crippen LogP contribution in [-0.2, 0) is 19.6 Å². The Balaban J connectivity index is 2.26. The van der Waals surface area contributed by atoms with Gasteiger partial charge in [0.1, 0.15) is 6.04 Å². The van der Waals surface area contributed by atoms with Crippen molar-refractivity contribution in [3.63, 3.8) is 0 Å². The van der Waals surface area contributed by atoms with Gasteiger partial charge in [0.15, 0.2) is 0 Å². The van der Waals surface area contributed by atoms with Gasteiger partial charge < -0.3 is 10.1 Å². The molecule has 0 aliphatic heterocycles. The monoisotopic (exact) mass is 438 g/mol. The van der Waals surface area contributed by atoms with Gasteiger partial charge in [-0.1, -0.05) is 29.3 Å². The number of sulfonamides is 1. The van der Waals surface area contributed by atoms with E-state index in [0.717, 1.165) is 16.1 Å². The van der Waals surface area contributed by atoms with Crippen LogP contribution in [0.4, 0.5) is 11.4 Å². The summed E-state index contributed by atoms with van der Waals surface area (Å²) >= 11 is 6.17. The van der Waals surface area contributed by atoms with E-state index in [1.807, 2.05) is 6.92 Å². The number of amides is 1. The van der Waals surface area contributed by atoms with E-state index >= 15 is 0 Å². The van der Waals surface area contributed by atoms with Crippen molar-refractivity contribution >= 4 is 44.9 Å². The highest BCUT2D eigenvalue weighted by molar-refractivity contribution is 7.92. The molecule has 2 rings (SSSR count). The van der Waals surface area contributed by atoms with Gasteiger partial charge in [0.2, 0.25) is 15.9 Å². The molecule has 0 aromatic heterocycles. The van der Waals surface area contributed by atoms with Crippen molar-refractivity contribution in [2.24, 2.45) is 0 Å². The van der Waals surface area contributed by atoms with Gasteiger partial charge in [-0.3, -0.25) is 9.10 Å². The molecule has 2 aromatic rings. The van der Waals surface area contributed by atoms with Crippen molar-refractivity contribution in [1.82, 2.24) is 0 Å². The molecular formula is C20H23ClN2O5S. The van der Waals surface area contributed by atoms with Crippen LogP contribution in [-0.4, -0.2) is 39.2 Å². The summed E-state index contributed by atoms with van der Waals surface area (Å²) in [5, 5.41) is 2.75. The van der Waals surface area contributed by atoms with E-state index in [-0.39, 0.29) is 22.9 Å². The Hall–Kier alpha value is -2.58. The number of aryl methyl sites for hydroxylation is 1. The number of benzene rings is 2. The fourth-order valence-corrected chi connectivity index (χ4v) is 4.10. The number of anilines is 2. The fraction of sp³-hybridized carbons (Fsp3) is 0.300. The first-order chi connectivity index (χ1) is 13.5. The Labute approximate surface area is 175 Å². The second kappa shape index (κ2) is 9.28. The molecule has 1 unspecified atom stereocenters.